The number of aryl methyl sites for hydroxylation is 1. The molecular formula is C21H21N3O5. The summed E-state index contributed by atoms with van der Waals surface area (Å²) in [6.07, 6.45) is 1.60. The van der Waals surface area contributed by atoms with Crippen LogP contribution >= 0.6 is 0 Å². The number of nitrogens with one attached hydrogen (secondary N) is 1. The lowest BCUT2D eigenvalue weighted by molar-refractivity contribution is 0.0474. The van der Waals surface area contributed by atoms with E-state index in [1.54, 1.807) is 12.3 Å². The minimum atomic E-state index is -0.699. The fourth-order valence-corrected chi connectivity index (χ4v) is 3.01. The van der Waals surface area contributed by atoms with Crippen molar-refractivity contribution in [2.75, 3.05) is 11.9 Å². The molecule has 8 heteroatoms. The largest absolute Gasteiger partial charge is 0.467 e. The Labute approximate surface area is 167 Å². The van der Waals surface area contributed by atoms with Crippen molar-refractivity contribution in [1.82, 2.24) is 4.57 Å². The van der Waals surface area contributed by atoms with Crippen LogP contribution in [0.1, 0.15) is 37.9 Å². The molecule has 2 heterocycles. The van der Waals surface area contributed by atoms with E-state index in [-0.39, 0.29) is 18.0 Å². The van der Waals surface area contributed by atoms with Crippen LogP contribution in [0.3, 0.4) is 0 Å². The molecule has 2 amide bonds. The third-order valence-electron chi connectivity index (χ3n) is 4.49. The number of primary amides is 1. The first-order valence-electron chi connectivity index (χ1n) is 8.91. The maximum absolute atomic E-state index is 12.6. The van der Waals surface area contributed by atoms with E-state index < -0.39 is 12.0 Å². The number of rotatable bonds is 7. The van der Waals surface area contributed by atoms with Crippen LogP contribution in [0, 0.1) is 13.8 Å². The minimum absolute atomic E-state index is 0.260. The first-order chi connectivity index (χ1) is 13.8. The minimum Gasteiger partial charge on any atom is -0.467 e. The Bertz CT molecular complexity index is 1030. The number of amides is 2. The van der Waals surface area contributed by atoms with Crippen LogP contribution in [0.5, 0.6) is 0 Å². The lowest BCUT2D eigenvalue weighted by Gasteiger charge is -2.08. The van der Waals surface area contributed by atoms with E-state index in [0.717, 1.165) is 17.1 Å². The Morgan fingerprint density at radius 1 is 1.14 bits per heavy atom. The van der Waals surface area contributed by atoms with Gasteiger partial charge in [-0.2, -0.15) is 0 Å². The number of nitrogens with zero attached hydrogens (tertiary/aromatic N) is 1. The summed E-state index contributed by atoms with van der Waals surface area (Å²) in [5.41, 5.74) is 7.94. The SMILES string of the molecule is Cc1cc(C(=O)COC(=O)c2ccc(NC(N)=O)cc2)c(C)n1Cc1ccco1. The molecule has 0 spiro atoms. The van der Waals surface area contributed by atoms with Gasteiger partial charge in [0.15, 0.2) is 6.61 Å². The summed E-state index contributed by atoms with van der Waals surface area (Å²) in [4.78, 5) is 35.6. The molecular weight excluding hydrogens is 374 g/mol. The molecule has 3 aromatic rings. The van der Waals surface area contributed by atoms with E-state index in [1.165, 1.54) is 24.3 Å². The predicted molar refractivity (Wildman–Crippen MR) is 106 cm³/mol. The molecule has 0 radical (unpaired) electrons. The molecule has 0 aliphatic carbocycles. The molecule has 3 rings (SSSR count). The summed E-state index contributed by atoms with van der Waals surface area (Å²) in [7, 11) is 0. The van der Waals surface area contributed by atoms with Crippen LogP contribution < -0.4 is 11.1 Å². The van der Waals surface area contributed by atoms with Crippen molar-refractivity contribution in [3.05, 3.63) is 77.0 Å². The standard InChI is InChI=1S/C21H21N3O5/c1-13-10-18(14(2)24(13)11-17-4-3-9-28-17)19(25)12-29-20(26)15-5-7-16(8-6-15)23-21(22)27/h3-10H,11-12H2,1-2H3,(H3,22,23,27). The van der Waals surface area contributed by atoms with E-state index in [2.05, 4.69) is 5.32 Å². The van der Waals surface area contributed by atoms with Crippen molar-refractivity contribution in [3.63, 3.8) is 0 Å². The number of hydrogen-bond donors (Lipinski definition) is 2. The molecule has 0 atom stereocenters. The molecule has 0 unspecified atom stereocenters. The first-order valence-corrected chi connectivity index (χ1v) is 8.91. The normalized spacial score (nSPS) is 10.6. The molecule has 8 nitrogen and oxygen atoms in total. The molecule has 1 aromatic carbocycles. The Balaban J connectivity index is 1.63. The summed E-state index contributed by atoms with van der Waals surface area (Å²) >= 11 is 0. The fraction of sp³-hybridized carbons (Fsp3) is 0.190. The lowest BCUT2D eigenvalue weighted by Crippen LogP contribution is -2.19. The number of carbonyl (C=O) groups excluding carboxylic acids is 3. The average molecular weight is 395 g/mol. The highest BCUT2D eigenvalue weighted by Gasteiger charge is 2.18. The monoisotopic (exact) mass is 395 g/mol. The van der Waals surface area contributed by atoms with E-state index >= 15 is 0 Å². The second-order valence-corrected chi connectivity index (χ2v) is 6.52. The van der Waals surface area contributed by atoms with Gasteiger partial charge in [-0.05, 0) is 56.3 Å². The Hall–Kier alpha value is -3.81. The summed E-state index contributed by atoms with van der Waals surface area (Å²) in [6.45, 7) is 3.89. The van der Waals surface area contributed by atoms with Gasteiger partial charge in [0.05, 0.1) is 18.4 Å². The molecule has 3 N–H and O–H groups in total. The number of urea groups is 1. The van der Waals surface area contributed by atoms with Gasteiger partial charge in [0.2, 0.25) is 5.78 Å². The number of benzene rings is 1. The van der Waals surface area contributed by atoms with Crippen molar-refractivity contribution in [2.24, 2.45) is 5.73 Å². The maximum Gasteiger partial charge on any atom is 0.338 e. The molecule has 2 aromatic heterocycles. The summed E-state index contributed by atoms with van der Waals surface area (Å²) in [6, 6.07) is 10.8. The number of esters is 1. The molecule has 0 saturated heterocycles. The van der Waals surface area contributed by atoms with Crippen LogP contribution in [-0.2, 0) is 11.3 Å². The molecule has 150 valence electrons. The zero-order valence-corrected chi connectivity index (χ0v) is 16.1. The quantitative estimate of drug-likeness (QED) is 0.470. The number of aromatic nitrogens is 1. The fourth-order valence-electron chi connectivity index (χ4n) is 3.01. The van der Waals surface area contributed by atoms with Gasteiger partial charge in [0.1, 0.15) is 5.76 Å². The maximum atomic E-state index is 12.6. The Morgan fingerprint density at radius 3 is 2.48 bits per heavy atom. The molecule has 0 fully saturated rings. The van der Waals surface area contributed by atoms with E-state index in [1.807, 2.05) is 30.5 Å². The van der Waals surface area contributed by atoms with Gasteiger partial charge in [0, 0.05) is 22.6 Å². The van der Waals surface area contributed by atoms with Gasteiger partial charge in [-0.25, -0.2) is 9.59 Å². The zero-order chi connectivity index (χ0) is 21.0. The average Bonchev–Trinajstić information content (AvgIpc) is 3.30. The van der Waals surface area contributed by atoms with Crippen LogP contribution in [-0.4, -0.2) is 29.0 Å². The van der Waals surface area contributed by atoms with Crippen molar-refractivity contribution < 1.29 is 23.5 Å². The van der Waals surface area contributed by atoms with Gasteiger partial charge in [-0.1, -0.05) is 0 Å². The highest BCUT2D eigenvalue weighted by molar-refractivity contribution is 6.00. The summed E-state index contributed by atoms with van der Waals surface area (Å²) in [5.74, 6) is -0.135. The lowest BCUT2D eigenvalue weighted by atomic mass is 10.1. The van der Waals surface area contributed by atoms with Gasteiger partial charge in [-0.3, -0.25) is 4.79 Å². The highest BCUT2D eigenvalue weighted by atomic mass is 16.5. The summed E-state index contributed by atoms with van der Waals surface area (Å²) in [5, 5.41) is 2.40. The topological polar surface area (TPSA) is 117 Å². The van der Waals surface area contributed by atoms with Crippen LogP contribution in [0.15, 0.2) is 53.1 Å². The number of furan rings is 1. The van der Waals surface area contributed by atoms with Crippen LogP contribution in [0.2, 0.25) is 0 Å². The Morgan fingerprint density at radius 2 is 1.86 bits per heavy atom. The van der Waals surface area contributed by atoms with Crippen LogP contribution in [0.4, 0.5) is 10.5 Å². The second kappa shape index (κ2) is 8.47. The van der Waals surface area contributed by atoms with Gasteiger partial charge < -0.3 is 24.8 Å². The molecule has 0 saturated carbocycles. The number of ether oxygens (including phenoxy) is 1. The van der Waals surface area contributed by atoms with Gasteiger partial charge >= 0.3 is 12.0 Å². The number of anilines is 1. The first kappa shape index (κ1) is 19.9. The second-order valence-electron chi connectivity index (χ2n) is 6.52. The summed E-state index contributed by atoms with van der Waals surface area (Å²) < 4.78 is 12.5. The highest BCUT2D eigenvalue weighted by Crippen LogP contribution is 2.18. The van der Waals surface area contributed by atoms with Gasteiger partial charge in [0.25, 0.3) is 0 Å². The number of nitrogens with two attached hydrogens (primary N) is 1. The molecule has 29 heavy (non-hydrogen) atoms. The van der Waals surface area contributed by atoms with E-state index in [9.17, 15) is 14.4 Å². The zero-order valence-electron chi connectivity index (χ0n) is 16.1. The molecule has 0 aliphatic rings. The van der Waals surface area contributed by atoms with E-state index in [4.69, 9.17) is 14.9 Å². The van der Waals surface area contributed by atoms with Crippen molar-refractivity contribution in [2.45, 2.75) is 20.4 Å². The van der Waals surface area contributed by atoms with Gasteiger partial charge in [-0.15, -0.1) is 0 Å². The van der Waals surface area contributed by atoms with Crippen molar-refractivity contribution in [1.29, 1.82) is 0 Å². The number of Topliss-reactive ketones (excluding diaryl/α,β-unsaturated/α-hetero) is 1. The number of ketones is 1. The van der Waals surface area contributed by atoms with Crippen LogP contribution in [0.25, 0.3) is 0 Å². The van der Waals surface area contributed by atoms with Crippen molar-refractivity contribution >= 4 is 23.5 Å². The number of carbonyl (C=O) groups is 3. The third-order valence-corrected chi connectivity index (χ3v) is 4.49. The molecule has 0 bridgehead atoms. The smallest absolute Gasteiger partial charge is 0.338 e. The van der Waals surface area contributed by atoms with Crippen molar-refractivity contribution in [3.8, 4) is 0 Å². The third kappa shape index (κ3) is 4.73. The molecule has 0 aliphatic heterocycles. The van der Waals surface area contributed by atoms with E-state index in [0.29, 0.717) is 17.8 Å². The number of hydrogen-bond acceptors (Lipinski definition) is 5. The Kier molecular flexibility index (Phi) is 5.82. The predicted octanol–water partition coefficient (Wildman–Crippen LogP) is 3.28.